The van der Waals surface area contributed by atoms with E-state index in [1.165, 1.54) is 11.4 Å². The first-order valence-corrected chi connectivity index (χ1v) is 4.06. The normalized spacial score (nSPS) is 10.9. The number of aromatic nitrogens is 1. The molecule has 0 amide bonds. The molecular formula is C9H16N2. The lowest BCUT2D eigenvalue weighted by atomic mass is 10.1. The monoisotopic (exact) mass is 152 g/mol. The van der Waals surface area contributed by atoms with Crippen LogP contribution in [0.25, 0.3) is 0 Å². The first kappa shape index (κ1) is 8.34. The van der Waals surface area contributed by atoms with Gasteiger partial charge >= 0.3 is 0 Å². The lowest BCUT2D eigenvalue weighted by Gasteiger charge is -2.00. The average molecular weight is 152 g/mol. The molecule has 0 saturated carbocycles. The third-order valence-electron chi connectivity index (χ3n) is 1.76. The number of nitrogens with one attached hydrogen (secondary N) is 2. The summed E-state index contributed by atoms with van der Waals surface area (Å²) in [5.41, 5.74) is 2.58. The Morgan fingerprint density at radius 1 is 1.45 bits per heavy atom. The second-order valence-corrected chi connectivity index (χ2v) is 3.12. The van der Waals surface area contributed by atoms with Crippen LogP contribution in [0, 0.1) is 0 Å². The van der Waals surface area contributed by atoms with E-state index in [2.05, 4.69) is 36.3 Å². The van der Waals surface area contributed by atoms with Crippen molar-refractivity contribution < 1.29 is 0 Å². The lowest BCUT2D eigenvalue weighted by Crippen LogP contribution is -2.05. The number of hydrogen-bond donors (Lipinski definition) is 2. The maximum atomic E-state index is 3.35. The highest BCUT2D eigenvalue weighted by atomic mass is 14.9. The van der Waals surface area contributed by atoms with Gasteiger partial charge in [-0.05, 0) is 25.1 Å². The molecular weight excluding hydrogens is 136 g/mol. The van der Waals surface area contributed by atoms with Gasteiger partial charge in [-0.1, -0.05) is 13.8 Å². The highest BCUT2D eigenvalue weighted by molar-refractivity contribution is 5.15. The van der Waals surface area contributed by atoms with Gasteiger partial charge in [0.2, 0.25) is 0 Å². The van der Waals surface area contributed by atoms with E-state index in [-0.39, 0.29) is 0 Å². The van der Waals surface area contributed by atoms with Crippen LogP contribution in [0.3, 0.4) is 0 Å². The van der Waals surface area contributed by atoms with E-state index in [0.717, 1.165) is 6.54 Å². The van der Waals surface area contributed by atoms with Crippen LogP contribution in [0.1, 0.15) is 31.2 Å². The molecule has 0 bridgehead atoms. The summed E-state index contributed by atoms with van der Waals surface area (Å²) in [5, 5.41) is 3.10. The van der Waals surface area contributed by atoms with E-state index in [4.69, 9.17) is 0 Å². The summed E-state index contributed by atoms with van der Waals surface area (Å²) < 4.78 is 0. The molecule has 2 N–H and O–H groups in total. The lowest BCUT2D eigenvalue weighted by molar-refractivity contribution is 0.774. The van der Waals surface area contributed by atoms with E-state index in [1.54, 1.807) is 0 Å². The van der Waals surface area contributed by atoms with Gasteiger partial charge in [-0.25, -0.2) is 0 Å². The maximum Gasteiger partial charge on any atom is 0.0354 e. The minimum atomic E-state index is 0.598. The number of rotatable bonds is 3. The number of H-pyrrole nitrogens is 1. The Hall–Kier alpha value is -0.760. The third kappa shape index (κ3) is 2.09. The van der Waals surface area contributed by atoms with Gasteiger partial charge in [0.15, 0.2) is 0 Å². The third-order valence-corrected chi connectivity index (χ3v) is 1.76. The van der Waals surface area contributed by atoms with Gasteiger partial charge in [-0.15, -0.1) is 0 Å². The Kier molecular flexibility index (Phi) is 2.71. The Balaban J connectivity index is 2.66. The summed E-state index contributed by atoms with van der Waals surface area (Å²) >= 11 is 0. The fraction of sp³-hybridized carbons (Fsp3) is 0.556. The molecule has 1 aromatic heterocycles. The number of hydrogen-bond acceptors (Lipinski definition) is 1. The van der Waals surface area contributed by atoms with E-state index in [0.29, 0.717) is 5.92 Å². The SMILES string of the molecule is CNCc1ccc(C(C)C)[nH]1. The molecule has 1 rings (SSSR count). The van der Waals surface area contributed by atoms with E-state index < -0.39 is 0 Å². The summed E-state index contributed by atoms with van der Waals surface area (Å²) in [7, 11) is 1.95. The van der Waals surface area contributed by atoms with Crippen LogP contribution >= 0.6 is 0 Å². The van der Waals surface area contributed by atoms with Crippen molar-refractivity contribution >= 4 is 0 Å². The molecule has 0 unspecified atom stereocenters. The van der Waals surface area contributed by atoms with Crippen molar-refractivity contribution in [1.29, 1.82) is 0 Å². The molecule has 0 aliphatic carbocycles. The Bertz CT molecular complexity index is 213. The van der Waals surface area contributed by atoms with Crippen molar-refractivity contribution in [3.05, 3.63) is 23.5 Å². The maximum absolute atomic E-state index is 3.35. The zero-order valence-corrected chi connectivity index (χ0v) is 7.44. The van der Waals surface area contributed by atoms with Gasteiger partial charge in [0.05, 0.1) is 0 Å². The number of aromatic amines is 1. The molecule has 62 valence electrons. The summed E-state index contributed by atoms with van der Waals surface area (Å²) in [6.07, 6.45) is 0. The van der Waals surface area contributed by atoms with Gasteiger partial charge < -0.3 is 10.3 Å². The second kappa shape index (κ2) is 3.58. The van der Waals surface area contributed by atoms with Crippen molar-refractivity contribution in [2.75, 3.05) is 7.05 Å². The highest BCUT2D eigenvalue weighted by Gasteiger charge is 2.00. The zero-order valence-electron chi connectivity index (χ0n) is 7.44. The molecule has 0 aromatic carbocycles. The first-order chi connectivity index (χ1) is 5.24. The van der Waals surface area contributed by atoms with Crippen LogP contribution in [0.4, 0.5) is 0 Å². The summed E-state index contributed by atoms with van der Waals surface area (Å²) in [4.78, 5) is 3.35. The Morgan fingerprint density at radius 2 is 2.18 bits per heavy atom. The smallest absolute Gasteiger partial charge is 0.0354 e. The summed E-state index contributed by atoms with van der Waals surface area (Å²) in [6.45, 7) is 5.30. The van der Waals surface area contributed by atoms with Gasteiger partial charge in [0.1, 0.15) is 0 Å². The zero-order chi connectivity index (χ0) is 8.27. The van der Waals surface area contributed by atoms with Crippen LogP contribution in [-0.2, 0) is 6.54 Å². The van der Waals surface area contributed by atoms with Crippen molar-refractivity contribution in [3.63, 3.8) is 0 Å². The molecule has 0 fully saturated rings. The molecule has 0 atom stereocenters. The van der Waals surface area contributed by atoms with E-state index in [1.807, 2.05) is 7.05 Å². The topological polar surface area (TPSA) is 27.8 Å². The largest absolute Gasteiger partial charge is 0.361 e. The predicted molar refractivity (Wildman–Crippen MR) is 47.6 cm³/mol. The van der Waals surface area contributed by atoms with Crippen LogP contribution < -0.4 is 5.32 Å². The van der Waals surface area contributed by atoms with Gasteiger partial charge in [-0.3, -0.25) is 0 Å². The minimum absolute atomic E-state index is 0.598. The van der Waals surface area contributed by atoms with Crippen LogP contribution in [0.2, 0.25) is 0 Å². The van der Waals surface area contributed by atoms with Gasteiger partial charge in [0, 0.05) is 17.9 Å². The second-order valence-electron chi connectivity index (χ2n) is 3.12. The quantitative estimate of drug-likeness (QED) is 0.679. The van der Waals surface area contributed by atoms with Gasteiger partial charge in [0.25, 0.3) is 0 Å². The Morgan fingerprint density at radius 3 is 2.64 bits per heavy atom. The molecule has 11 heavy (non-hydrogen) atoms. The van der Waals surface area contributed by atoms with Crippen molar-refractivity contribution in [2.45, 2.75) is 26.3 Å². The standard InChI is InChI=1S/C9H16N2/c1-7(2)9-5-4-8(11-9)6-10-3/h4-5,7,10-11H,6H2,1-3H3. The first-order valence-electron chi connectivity index (χ1n) is 4.06. The fourth-order valence-corrected chi connectivity index (χ4v) is 1.09. The molecule has 0 saturated heterocycles. The Labute approximate surface area is 68.0 Å². The van der Waals surface area contributed by atoms with Gasteiger partial charge in [-0.2, -0.15) is 0 Å². The van der Waals surface area contributed by atoms with Crippen LogP contribution in [0.15, 0.2) is 12.1 Å². The fourth-order valence-electron chi connectivity index (χ4n) is 1.09. The van der Waals surface area contributed by atoms with Crippen molar-refractivity contribution in [1.82, 2.24) is 10.3 Å². The molecule has 1 heterocycles. The highest BCUT2D eigenvalue weighted by Crippen LogP contribution is 2.12. The predicted octanol–water partition coefficient (Wildman–Crippen LogP) is 1.86. The van der Waals surface area contributed by atoms with E-state index in [9.17, 15) is 0 Å². The van der Waals surface area contributed by atoms with Crippen LogP contribution in [-0.4, -0.2) is 12.0 Å². The molecule has 0 spiro atoms. The molecule has 2 nitrogen and oxygen atoms in total. The summed E-state index contributed by atoms with van der Waals surface area (Å²) in [5.74, 6) is 0.598. The van der Waals surface area contributed by atoms with Crippen LogP contribution in [0.5, 0.6) is 0 Å². The average Bonchev–Trinajstić information content (AvgIpc) is 2.37. The van der Waals surface area contributed by atoms with Crippen molar-refractivity contribution in [2.24, 2.45) is 0 Å². The molecule has 0 aliphatic rings. The van der Waals surface area contributed by atoms with Crippen molar-refractivity contribution in [3.8, 4) is 0 Å². The molecule has 2 heteroatoms. The molecule has 0 radical (unpaired) electrons. The minimum Gasteiger partial charge on any atom is -0.361 e. The molecule has 0 aliphatic heterocycles. The molecule has 1 aromatic rings. The summed E-state index contributed by atoms with van der Waals surface area (Å²) in [6, 6.07) is 4.28. The van der Waals surface area contributed by atoms with E-state index >= 15 is 0 Å².